The van der Waals surface area contributed by atoms with Gasteiger partial charge in [-0.05, 0) is 53.2 Å². The third kappa shape index (κ3) is 4.23. The molecular weight excluding hydrogens is 624 g/mol. The van der Waals surface area contributed by atoms with Gasteiger partial charge in [-0.25, -0.2) is 9.38 Å². The highest BCUT2D eigenvalue weighted by Crippen LogP contribution is 2.36. The standard InChI is InChI=1S/C41H24N6O3/c48-37(27-19-18-24-10-4-5-11-25(24)20-27)39-45-47(28-13-2-1-3-14-28)41-44-38-36(40(49)46(39)41)30(31-23-42-32-16-8-7-15-29(31)32)22-33(43-38)35-21-26-12-6-9-17-34(26)50-35/h1-23,42H. The number of H-pyrrole nitrogens is 1. The molecule has 0 bridgehead atoms. The molecule has 0 aliphatic heterocycles. The van der Waals surface area contributed by atoms with Crippen LogP contribution >= 0.6 is 0 Å². The minimum atomic E-state index is -0.458. The predicted molar refractivity (Wildman–Crippen MR) is 194 cm³/mol. The zero-order valence-electron chi connectivity index (χ0n) is 26.2. The highest BCUT2D eigenvalue weighted by Gasteiger charge is 2.26. The zero-order chi connectivity index (χ0) is 33.3. The number of aromatic amines is 1. The first-order chi connectivity index (χ1) is 24.6. The molecule has 10 aromatic rings. The van der Waals surface area contributed by atoms with Crippen molar-refractivity contribution in [1.82, 2.24) is 29.1 Å². The van der Waals surface area contributed by atoms with Crippen LogP contribution in [-0.4, -0.2) is 34.9 Å². The lowest BCUT2D eigenvalue weighted by Crippen LogP contribution is -2.21. The molecular formula is C41H24N6O3. The Hall–Kier alpha value is -7.13. The molecule has 10 rings (SSSR count). The number of rotatable bonds is 5. The number of hydrogen-bond acceptors (Lipinski definition) is 6. The summed E-state index contributed by atoms with van der Waals surface area (Å²) >= 11 is 0. The van der Waals surface area contributed by atoms with Crippen molar-refractivity contribution in [3.05, 3.63) is 161 Å². The number of hydrogen-bond donors (Lipinski definition) is 1. The minimum Gasteiger partial charge on any atom is -0.454 e. The number of pyridine rings is 1. The molecule has 236 valence electrons. The first-order valence-electron chi connectivity index (χ1n) is 16.1. The summed E-state index contributed by atoms with van der Waals surface area (Å²) in [6.07, 6.45) is 1.88. The molecule has 0 unspecified atom stereocenters. The molecule has 0 spiro atoms. The Morgan fingerprint density at radius 3 is 2.32 bits per heavy atom. The fourth-order valence-corrected chi connectivity index (χ4v) is 6.78. The number of fused-ring (bicyclic) bond motifs is 5. The molecule has 5 aromatic heterocycles. The lowest BCUT2D eigenvalue weighted by Gasteiger charge is -2.09. The van der Waals surface area contributed by atoms with Gasteiger partial charge in [-0.1, -0.05) is 91.0 Å². The van der Waals surface area contributed by atoms with Crippen molar-refractivity contribution in [3.63, 3.8) is 0 Å². The molecule has 0 aliphatic carbocycles. The maximum absolute atomic E-state index is 15.0. The molecule has 9 heteroatoms. The summed E-state index contributed by atoms with van der Waals surface area (Å²) < 4.78 is 9.08. The second-order valence-electron chi connectivity index (χ2n) is 12.2. The van der Waals surface area contributed by atoms with Crippen molar-refractivity contribution in [2.45, 2.75) is 0 Å². The van der Waals surface area contributed by atoms with E-state index in [9.17, 15) is 9.59 Å². The largest absolute Gasteiger partial charge is 0.454 e. The van der Waals surface area contributed by atoms with Crippen LogP contribution < -0.4 is 5.56 Å². The van der Waals surface area contributed by atoms with Crippen LogP contribution in [0.3, 0.4) is 0 Å². The maximum atomic E-state index is 15.0. The van der Waals surface area contributed by atoms with Crippen molar-refractivity contribution in [1.29, 1.82) is 0 Å². The van der Waals surface area contributed by atoms with Gasteiger partial charge in [0.15, 0.2) is 11.4 Å². The van der Waals surface area contributed by atoms with Gasteiger partial charge >= 0.3 is 0 Å². The van der Waals surface area contributed by atoms with Gasteiger partial charge in [-0.3, -0.25) is 9.59 Å². The van der Waals surface area contributed by atoms with Gasteiger partial charge in [0.1, 0.15) is 11.3 Å². The van der Waals surface area contributed by atoms with Crippen LogP contribution in [0, 0.1) is 0 Å². The van der Waals surface area contributed by atoms with Crippen molar-refractivity contribution in [2.24, 2.45) is 0 Å². The van der Waals surface area contributed by atoms with Gasteiger partial charge in [-0.15, -0.1) is 5.10 Å². The maximum Gasteiger partial charge on any atom is 0.271 e. The van der Waals surface area contributed by atoms with E-state index in [0.717, 1.165) is 38.2 Å². The Bertz CT molecular complexity index is 3010. The van der Waals surface area contributed by atoms with E-state index in [0.29, 0.717) is 28.3 Å². The van der Waals surface area contributed by atoms with Crippen LogP contribution in [0.15, 0.2) is 149 Å². The van der Waals surface area contributed by atoms with Crippen LogP contribution in [0.1, 0.15) is 16.2 Å². The van der Waals surface area contributed by atoms with E-state index < -0.39 is 11.3 Å². The van der Waals surface area contributed by atoms with Crippen LogP contribution in [0.25, 0.3) is 77.7 Å². The molecule has 0 saturated carbocycles. The molecule has 0 amide bonds. The fraction of sp³-hybridized carbons (Fsp3) is 0. The SMILES string of the molecule is O=C(c1ccc2ccccc2c1)c1nn(-c2ccccc2)c2nc3nc(-c4cc5ccccc5o4)cc(-c4c[nH]c5ccccc45)c3c(=O)n12. The van der Waals surface area contributed by atoms with Crippen LogP contribution in [0.2, 0.25) is 0 Å². The third-order valence-corrected chi connectivity index (χ3v) is 9.19. The lowest BCUT2D eigenvalue weighted by molar-refractivity contribution is 0.102. The smallest absolute Gasteiger partial charge is 0.271 e. The fourth-order valence-electron chi connectivity index (χ4n) is 6.78. The number of ketones is 1. The van der Waals surface area contributed by atoms with Crippen molar-refractivity contribution < 1.29 is 9.21 Å². The van der Waals surface area contributed by atoms with Crippen molar-refractivity contribution >= 4 is 55.2 Å². The summed E-state index contributed by atoms with van der Waals surface area (Å²) in [4.78, 5) is 42.6. The zero-order valence-corrected chi connectivity index (χ0v) is 26.2. The average molecular weight is 649 g/mol. The molecule has 50 heavy (non-hydrogen) atoms. The molecule has 0 radical (unpaired) electrons. The first kappa shape index (κ1) is 27.9. The lowest BCUT2D eigenvalue weighted by atomic mass is 10.0. The summed E-state index contributed by atoms with van der Waals surface area (Å²) in [6, 6.07) is 42.1. The molecule has 9 nitrogen and oxygen atoms in total. The van der Waals surface area contributed by atoms with Gasteiger partial charge < -0.3 is 9.40 Å². The number of nitrogens with zero attached hydrogens (tertiary/aromatic N) is 5. The Morgan fingerprint density at radius 1 is 0.700 bits per heavy atom. The van der Waals surface area contributed by atoms with Crippen molar-refractivity contribution in [3.8, 4) is 28.3 Å². The number of para-hydroxylation sites is 3. The van der Waals surface area contributed by atoms with Gasteiger partial charge in [0.2, 0.25) is 17.4 Å². The average Bonchev–Trinajstić information content (AvgIpc) is 3.90. The monoisotopic (exact) mass is 648 g/mol. The number of nitrogens with one attached hydrogen (secondary N) is 1. The number of benzene rings is 5. The van der Waals surface area contributed by atoms with Crippen LogP contribution in [0.4, 0.5) is 0 Å². The predicted octanol–water partition coefficient (Wildman–Crippen LogP) is 8.37. The summed E-state index contributed by atoms with van der Waals surface area (Å²) in [5.74, 6) is 0.251. The van der Waals surface area contributed by atoms with E-state index in [-0.39, 0.29) is 22.6 Å². The highest BCUT2D eigenvalue weighted by atomic mass is 16.3. The van der Waals surface area contributed by atoms with E-state index >= 15 is 0 Å². The molecule has 0 fully saturated rings. The normalized spacial score (nSPS) is 11.8. The van der Waals surface area contributed by atoms with Gasteiger partial charge in [0.25, 0.3) is 5.56 Å². The Balaban J connectivity index is 1.30. The van der Waals surface area contributed by atoms with E-state index in [2.05, 4.69) is 4.98 Å². The number of aromatic nitrogens is 6. The Kier molecular flexibility index (Phi) is 5.97. The summed E-state index contributed by atoms with van der Waals surface area (Å²) in [5.41, 5.74) is 4.34. The third-order valence-electron chi connectivity index (χ3n) is 9.19. The highest BCUT2D eigenvalue weighted by molar-refractivity contribution is 6.09. The van der Waals surface area contributed by atoms with E-state index in [1.165, 1.54) is 9.08 Å². The summed E-state index contributed by atoms with van der Waals surface area (Å²) in [7, 11) is 0. The van der Waals surface area contributed by atoms with Crippen LogP contribution in [-0.2, 0) is 0 Å². The molecule has 5 aromatic carbocycles. The molecule has 5 heterocycles. The number of carbonyl (C=O) groups excluding carboxylic acids is 1. The van der Waals surface area contributed by atoms with E-state index in [1.807, 2.05) is 134 Å². The first-order valence-corrected chi connectivity index (χ1v) is 16.1. The van der Waals surface area contributed by atoms with Gasteiger partial charge in [0.05, 0.1) is 11.1 Å². The number of furan rings is 1. The topological polar surface area (TPSA) is 111 Å². The molecule has 0 aliphatic rings. The van der Waals surface area contributed by atoms with Crippen molar-refractivity contribution in [2.75, 3.05) is 0 Å². The summed E-state index contributed by atoms with van der Waals surface area (Å²) in [6.45, 7) is 0. The van der Waals surface area contributed by atoms with Crippen LogP contribution in [0.5, 0.6) is 0 Å². The van der Waals surface area contributed by atoms with Gasteiger partial charge in [0, 0.05) is 39.2 Å². The quantitative estimate of drug-likeness (QED) is 0.188. The second-order valence-corrected chi connectivity index (χ2v) is 12.2. The van der Waals surface area contributed by atoms with E-state index in [4.69, 9.17) is 19.5 Å². The van der Waals surface area contributed by atoms with E-state index in [1.54, 1.807) is 6.07 Å². The Labute approximate surface area is 282 Å². The summed E-state index contributed by atoms with van der Waals surface area (Å²) in [5, 5.41) is 8.79. The minimum absolute atomic E-state index is 0.0511. The molecule has 1 N–H and O–H groups in total. The number of carbonyl (C=O) groups is 1. The Morgan fingerprint density at radius 2 is 1.46 bits per heavy atom. The molecule has 0 saturated heterocycles. The van der Waals surface area contributed by atoms with Gasteiger partial charge in [-0.2, -0.15) is 9.67 Å². The second kappa shape index (κ2) is 10.7. The molecule has 0 atom stereocenters.